The molecule has 0 bridgehead atoms. The number of aryl methyl sites for hydroxylation is 1. The molecule has 0 radical (unpaired) electrons. The van der Waals surface area contributed by atoms with Gasteiger partial charge < -0.3 is 20.1 Å². The Morgan fingerprint density at radius 1 is 1.32 bits per heavy atom. The summed E-state index contributed by atoms with van der Waals surface area (Å²) in [5.41, 5.74) is 7.43. The topological polar surface area (TPSA) is 101 Å². The highest BCUT2D eigenvalue weighted by molar-refractivity contribution is 6.42. The maximum Gasteiger partial charge on any atom is 0.258 e. The van der Waals surface area contributed by atoms with E-state index in [0.717, 1.165) is 12.1 Å². The normalized spacial score (nSPS) is 15.8. The predicted molar refractivity (Wildman–Crippen MR) is 108 cm³/mol. The van der Waals surface area contributed by atoms with Crippen molar-refractivity contribution in [2.45, 2.75) is 32.2 Å². The molecular formula is C20H19Cl2N3O3. The molecule has 0 saturated heterocycles. The van der Waals surface area contributed by atoms with Gasteiger partial charge in [-0.15, -0.1) is 0 Å². The van der Waals surface area contributed by atoms with E-state index in [-0.39, 0.29) is 35.7 Å². The Kier molecular flexibility index (Phi) is 5.99. The Morgan fingerprint density at radius 3 is 2.68 bits per heavy atom. The lowest BCUT2D eigenvalue weighted by Crippen LogP contribution is -2.34. The lowest BCUT2D eigenvalue weighted by molar-refractivity contribution is 0.271. The zero-order valence-corrected chi connectivity index (χ0v) is 16.7. The molecule has 2 aromatic rings. The number of aromatic nitrogens is 1. The van der Waals surface area contributed by atoms with Gasteiger partial charge in [0.05, 0.1) is 28.1 Å². The second-order valence-electron chi connectivity index (χ2n) is 6.44. The van der Waals surface area contributed by atoms with Gasteiger partial charge in [-0.3, -0.25) is 4.79 Å². The molecule has 0 amide bonds. The highest BCUT2D eigenvalue weighted by Crippen LogP contribution is 2.41. The van der Waals surface area contributed by atoms with Crippen molar-refractivity contribution in [2.24, 2.45) is 5.73 Å². The number of pyridine rings is 1. The van der Waals surface area contributed by atoms with E-state index in [0.29, 0.717) is 27.8 Å². The molecule has 1 aromatic carbocycles. The van der Waals surface area contributed by atoms with Gasteiger partial charge in [-0.05, 0) is 24.1 Å². The molecular weight excluding hydrogens is 401 g/mol. The molecule has 1 aromatic heterocycles. The first kappa shape index (κ1) is 20.3. The van der Waals surface area contributed by atoms with Crippen LogP contribution in [0.2, 0.25) is 10.0 Å². The lowest BCUT2D eigenvalue weighted by Gasteiger charge is -2.28. The molecule has 3 N–H and O–H groups in total. The van der Waals surface area contributed by atoms with Crippen molar-refractivity contribution in [2.75, 3.05) is 6.61 Å². The lowest BCUT2D eigenvalue weighted by atomic mass is 9.84. The summed E-state index contributed by atoms with van der Waals surface area (Å²) in [6.45, 7) is 1.96. The number of nitriles is 1. The Labute approximate surface area is 172 Å². The average Bonchev–Trinajstić information content (AvgIpc) is 2.66. The molecule has 6 nitrogen and oxygen atoms in total. The van der Waals surface area contributed by atoms with Crippen LogP contribution in [0.1, 0.15) is 36.1 Å². The molecule has 0 saturated carbocycles. The Bertz CT molecular complexity index is 1050. The Balaban J connectivity index is 2.32. The summed E-state index contributed by atoms with van der Waals surface area (Å²) in [5.74, 6) is -0.473. The number of fused-ring (bicyclic) bond motifs is 1. The van der Waals surface area contributed by atoms with E-state index in [9.17, 15) is 15.2 Å². The van der Waals surface area contributed by atoms with Crippen molar-refractivity contribution in [1.82, 2.24) is 4.57 Å². The number of halogens is 2. The first-order valence-electron chi connectivity index (χ1n) is 8.82. The predicted octanol–water partition coefficient (Wildman–Crippen LogP) is 3.32. The van der Waals surface area contributed by atoms with Crippen LogP contribution in [0, 0.1) is 11.3 Å². The van der Waals surface area contributed by atoms with Gasteiger partial charge in [-0.2, -0.15) is 5.26 Å². The van der Waals surface area contributed by atoms with Crippen LogP contribution < -0.4 is 16.0 Å². The van der Waals surface area contributed by atoms with Crippen molar-refractivity contribution in [3.8, 4) is 11.8 Å². The number of allylic oxidation sites excluding steroid dienone is 1. The number of nitrogens with two attached hydrogens (primary N) is 1. The molecule has 0 fully saturated rings. The van der Waals surface area contributed by atoms with E-state index in [1.807, 2.05) is 6.92 Å². The van der Waals surface area contributed by atoms with Crippen LogP contribution in [0.4, 0.5) is 0 Å². The van der Waals surface area contributed by atoms with Crippen molar-refractivity contribution >= 4 is 23.2 Å². The van der Waals surface area contributed by atoms with Crippen LogP contribution in [0.3, 0.4) is 0 Å². The maximum atomic E-state index is 13.3. The number of aliphatic hydroxyl groups is 1. The number of hydrogen-bond acceptors (Lipinski definition) is 5. The molecule has 8 heteroatoms. The first-order chi connectivity index (χ1) is 13.4. The highest BCUT2D eigenvalue weighted by Gasteiger charge is 2.34. The molecule has 2 heterocycles. The van der Waals surface area contributed by atoms with Gasteiger partial charge in [-0.25, -0.2) is 0 Å². The van der Waals surface area contributed by atoms with Gasteiger partial charge in [-0.1, -0.05) is 42.6 Å². The number of rotatable bonds is 5. The van der Waals surface area contributed by atoms with Crippen LogP contribution >= 0.6 is 23.2 Å². The van der Waals surface area contributed by atoms with E-state index in [1.165, 1.54) is 4.57 Å². The van der Waals surface area contributed by atoms with Crippen LogP contribution in [-0.2, 0) is 13.0 Å². The Hall–Kier alpha value is -2.46. The van der Waals surface area contributed by atoms with E-state index >= 15 is 0 Å². The second-order valence-corrected chi connectivity index (χ2v) is 7.26. The zero-order valence-electron chi connectivity index (χ0n) is 15.2. The van der Waals surface area contributed by atoms with Crippen LogP contribution in [0.5, 0.6) is 5.75 Å². The van der Waals surface area contributed by atoms with Crippen LogP contribution in [-0.4, -0.2) is 16.3 Å². The fourth-order valence-electron chi connectivity index (χ4n) is 3.45. The fourth-order valence-corrected chi connectivity index (χ4v) is 3.76. The maximum absolute atomic E-state index is 13.3. The molecule has 1 aliphatic heterocycles. The third-order valence-electron chi connectivity index (χ3n) is 4.68. The van der Waals surface area contributed by atoms with E-state index in [4.69, 9.17) is 33.7 Å². The minimum atomic E-state index is -0.739. The second kappa shape index (κ2) is 8.27. The quantitative estimate of drug-likeness (QED) is 0.773. The van der Waals surface area contributed by atoms with Gasteiger partial charge in [0.1, 0.15) is 17.4 Å². The van der Waals surface area contributed by atoms with Crippen molar-refractivity contribution in [3.63, 3.8) is 0 Å². The Morgan fingerprint density at radius 2 is 2.07 bits per heavy atom. The minimum Gasteiger partial charge on any atom is -0.440 e. The summed E-state index contributed by atoms with van der Waals surface area (Å²) in [4.78, 5) is 13.3. The summed E-state index contributed by atoms with van der Waals surface area (Å²) >= 11 is 12.2. The van der Waals surface area contributed by atoms with Gasteiger partial charge in [0.25, 0.3) is 5.56 Å². The number of aliphatic hydroxyl groups excluding tert-OH is 1. The molecule has 28 heavy (non-hydrogen) atoms. The molecule has 1 atom stereocenters. The van der Waals surface area contributed by atoms with E-state index in [1.54, 1.807) is 24.3 Å². The first-order valence-corrected chi connectivity index (χ1v) is 9.58. The van der Waals surface area contributed by atoms with Gasteiger partial charge in [0.15, 0.2) is 0 Å². The molecule has 0 spiro atoms. The number of hydrogen-bond donors (Lipinski definition) is 2. The SMILES string of the molecule is CCCc1cc2c(c(=O)n1CCO)C(c1ccc(Cl)c(Cl)c1)C(C#N)=C(N)O2. The van der Waals surface area contributed by atoms with Gasteiger partial charge >= 0.3 is 0 Å². The standard InChI is InChI=1S/C20H19Cl2N3O3/c1-2-3-12-9-16-18(20(27)25(12)6-7-26)17(13(10-23)19(24)28-16)11-4-5-14(21)15(22)8-11/h4-5,8-9,17,26H,2-3,6-7,24H2,1H3. The minimum absolute atomic E-state index is 0.0483. The van der Waals surface area contributed by atoms with E-state index in [2.05, 4.69) is 6.07 Å². The largest absolute Gasteiger partial charge is 0.440 e. The van der Waals surface area contributed by atoms with Crippen molar-refractivity contribution < 1.29 is 9.84 Å². The summed E-state index contributed by atoms with van der Waals surface area (Å²) in [7, 11) is 0. The van der Waals surface area contributed by atoms with E-state index < -0.39 is 5.92 Å². The number of nitrogens with zero attached hydrogens (tertiary/aromatic N) is 2. The third-order valence-corrected chi connectivity index (χ3v) is 5.41. The molecule has 0 aliphatic carbocycles. The molecule has 1 aliphatic rings. The summed E-state index contributed by atoms with van der Waals surface area (Å²) in [5, 5.41) is 19.8. The van der Waals surface area contributed by atoms with Crippen LogP contribution in [0.25, 0.3) is 0 Å². The number of ether oxygens (including phenoxy) is 1. The summed E-state index contributed by atoms with van der Waals surface area (Å²) in [6, 6.07) is 8.73. The van der Waals surface area contributed by atoms with Crippen molar-refractivity contribution in [1.29, 1.82) is 5.26 Å². The zero-order chi connectivity index (χ0) is 20.4. The monoisotopic (exact) mass is 419 g/mol. The molecule has 1 unspecified atom stereocenters. The van der Waals surface area contributed by atoms with Gasteiger partial charge in [0, 0.05) is 18.3 Å². The smallest absolute Gasteiger partial charge is 0.258 e. The fraction of sp³-hybridized carbons (Fsp3) is 0.300. The number of benzene rings is 1. The molecule has 146 valence electrons. The van der Waals surface area contributed by atoms with Gasteiger partial charge in [0.2, 0.25) is 5.88 Å². The van der Waals surface area contributed by atoms with Crippen LogP contribution in [0.15, 0.2) is 40.5 Å². The highest BCUT2D eigenvalue weighted by atomic mass is 35.5. The molecule has 3 rings (SSSR count). The summed E-state index contributed by atoms with van der Waals surface area (Å²) < 4.78 is 7.16. The third kappa shape index (κ3) is 3.49. The average molecular weight is 420 g/mol. The van der Waals surface area contributed by atoms with Crippen molar-refractivity contribution in [3.05, 3.63) is 72.9 Å². The summed E-state index contributed by atoms with van der Waals surface area (Å²) in [6.07, 6.45) is 1.45.